The van der Waals surface area contributed by atoms with E-state index >= 15 is 0 Å². The molecule has 1 unspecified atom stereocenters. The Morgan fingerprint density at radius 2 is 2.64 bits per heavy atom. The molecule has 0 radical (unpaired) electrons. The van der Waals surface area contributed by atoms with Crippen LogP contribution in [-0.2, 0) is 11.3 Å². The smallest absolute Gasteiger partial charge is 0.0619 e. The number of aryl methyl sites for hydroxylation is 1. The van der Waals surface area contributed by atoms with Crippen LogP contribution in [0.3, 0.4) is 0 Å². The standard InChI is InChI=1S/C10H17N3O/c1-8-9(6-12-13-8)5-11-10-3-2-4-14-7-10/h6,10-11H,2-5,7H2,1H3,(H,12,13). The Bertz CT molecular complexity index is 279. The zero-order valence-corrected chi connectivity index (χ0v) is 8.55. The van der Waals surface area contributed by atoms with Gasteiger partial charge in [0.05, 0.1) is 12.8 Å². The van der Waals surface area contributed by atoms with Gasteiger partial charge in [-0.3, -0.25) is 5.10 Å². The van der Waals surface area contributed by atoms with Crippen LogP contribution < -0.4 is 5.32 Å². The SMILES string of the molecule is Cc1[nH]ncc1CNC1CCCOC1. The third-order valence-corrected chi connectivity index (χ3v) is 2.68. The quantitative estimate of drug-likeness (QED) is 0.756. The summed E-state index contributed by atoms with van der Waals surface area (Å²) in [6.07, 6.45) is 4.27. The largest absolute Gasteiger partial charge is 0.380 e. The van der Waals surface area contributed by atoms with E-state index in [1.54, 1.807) is 0 Å². The van der Waals surface area contributed by atoms with Gasteiger partial charge in [0.25, 0.3) is 0 Å². The van der Waals surface area contributed by atoms with Crippen molar-refractivity contribution in [3.05, 3.63) is 17.5 Å². The van der Waals surface area contributed by atoms with Gasteiger partial charge in [-0.05, 0) is 19.8 Å². The van der Waals surface area contributed by atoms with Gasteiger partial charge in [-0.15, -0.1) is 0 Å². The van der Waals surface area contributed by atoms with Gasteiger partial charge in [0.15, 0.2) is 0 Å². The Morgan fingerprint density at radius 1 is 1.71 bits per heavy atom. The summed E-state index contributed by atoms with van der Waals surface area (Å²) < 4.78 is 5.40. The second-order valence-corrected chi connectivity index (χ2v) is 3.82. The molecule has 0 aliphatic carbocycles. The normalized spacial score (nSPS) is 22.5. The number of hydrogen-bond donors (Lipinski definition) is 2. The molecule has 0 bridgehead atoms. The molecular formula is C10H17N3O. The van der Waals surface area contributed by atoms with Crippen molar-refractivity contribution >= 4 is 0 Å². The lowest BCUT2D eigenvalue weighted by atomic mass is 10.1. The maximum atomic E-state index is 5.40. The Hall–Kier alpha value is -0.870. The highest BCUT2D eigenvalue weighted by Gasteiger charge is 2.13. The number of H-pyrrole nitrogens is 1. The second-order valence-electron chi connectivity index (χ2n) is 3.82. The van der Waals surface area contributed by atoms with Crippen LogP contribution in [-0.4, -0.2) is 29.5 Å². The summed E-state index contributed by atoms with van der Waals surface area (Å²) in [5.74, 6) is 0. The fraction of sp³-hybridized carbons (Fsp3) is 0.700. The highest BCUT2D eigenvalue weighted by Crippen LogP contribution is 2.08. The van der Waals surface area contributed by atoms with E-state index in [1.807, 2.05) is 13.1 Å². The van der Waals surface area contributed by atoms with Crippen LogP contribution in [0.2, 0.25) is 0 Å². The first-order valence-corrected chi connectivity index (χ1v) is 5.16. The highest BCUT2D eigenvalue weighted by atomic mass is 16.5. The molecular weight excluding hydrogens is 178 g/mol. The first-order chi connectivity index (χ1) is 6.86. The van der Waals surface area contributed by atoms with Crippen molar-refractivity contribution in [1.82, 2.24) is 15.5 Å². The average Bonchev–Trinajstić information content (AvgIpc) is 2.63. The molecule has 1 aliphatic heterocycles. The predicted octanol–water partition coefficient (Wildman–Crippen LogP) is 0.987. The summed E-state index contributed by atoms with van der Waals surface area (Å²) in [6.45, 7) is 4.69. The Kier molecular flexibility index (Phi) is 3.16. The molecule has 4 nitrogen and oxygen atoms in total. The minimum Gasteiger partial charge on any atom is -0.380 e. The number of ether oxygens (including phenoxy) is 1. The van der Waals surface area contributed by atoms with Crippen LogP contribution in [0.4, 0.5) is 0 Å². The van der Waals surface area contributed by atoms with E-state index in [9.17, 15) is 0 Å². The number of aromatic amines is 1. The topological polar surface area (TPSA) is 49.9 Å². The van der Waals surface area contributed by atoms with Crippen LogP contribution in [0.15, 0.2) is 6.20 Å². The zero-order valence-electron chi connectivity index (χ0n) is 8.55. The van der Waals surface area contributed by atoms with Crippen molar-refractivity contribution in [1.29, 1.82) is 0 Å². The number of hydrogen-bond acceptors (Lipinski definition) is 3. The highest BCUT2D eigenvalue weighted by molar-refractivity contribution is 5.13. The Labute approximate surface area is 84.0 Å². The van der Waals surface area contributed by atoms with Crippen molar-refractivity contribution in [2.45, 2.75) is 32.4 Å². The summed E-state index contributed by atoms with van der Waals surface area (Å²) >= 11 is 0. The maximum Gasteiger partial charge on any atom is 0.0619 e. The van der Waals surface area contributed by atoms with Gasteiger partial charge in [0.2, 0.25) is 0 Å². The third-order valence-electron chi connectivity index (χ3n) is 2.68. The molecule has 1 atom stereocenters. The molecule has 2 rings (SSSR count). The van der Waals surface area contributed by atoms with Crippen LogP contribution >= 0.6 is 0 Å². The van der Waals surface area contributed by atoms with Crippen LogP contribution in [0.25, 0.3) is 0 Å². The first kappa shape index (κ1) is 9.68. The molecule has 1 aliphatic rings. The Balaban J connectivity index is 1.79. The molecule has 2 heterocycles. The third kappa shape index (κ3) is 2.33. The summed E-state index contributed by atoms with van der Waals surface area (Å²) in [5, 5.41) is 10.4. The van der Waals surface area contributed by atoms with Gasteiger partial charge in [-0.25, -0.2) is 0 Å². The van der Waals surface area contributed by atoms with E-state index < -0.39 is 0 Å². The second kappa shape index (κ2) is 4.57. The van der Waals surface area contributed by atoms with Gasteiger partial charge in [0, 0.05) is 30.5 Å². The molecule has 1 fully saturated rings. The van der Waals surface area contributed by atoms with E-state index in [4.69, 9.17) is 4.74 Å². The lowest BCUT2D eigenvalue weighted by molar-refractivity contribution is 0.0699. The molecule has 1 aromatic heterocycles. The van der Waals surface area contributed by atoms with Gasteiger partial charge in [-0.1, -0.05) is 0 Å². The lowest BCUT2D eigenvalue weighted by Crippen LogP contribution is -2.36. The molecule has 0 aromatic carbocycles. The number of nitrogens with zero attached hydrogens (tertiary/aromatic N) is 1. The van der Waals surface area contributed by atoms with E-state index in [0.717, 1.165) is 25.5 Å². The monoisotopic (exact) mass is 195 g/mol. The van der Waals surface area contributed by atoms with Crippen molar-refractivity contribution in [3.8, 4) is 0 Å². The summed E-state index contributed by atoms with van der Waals surface area (Å²) in [7, 11) is 0. The molecule has 0 saturated carbocycles. The van der Waals surface area contributed by atoms with Gasteiger partial charge >= 0.3 is 0 Å². The van der Waals surface area contributed by atoms with Gasteiger partial charge in [0.1, 0.15) is 0 Å². The summed E-state index contributed by atoms with van der Waals surface area (Å²) in [4.78, 5) is 0. The molecule has 4 heteroatoms. The van der Waals surface area contributed by atoms with E-state index in [0.29, 0.717) is 6.04 Å². The van der Waals surface area contributed by atoms with Crippen LogP contribution in [0.1, 0.15) is 24.1 Å². The summed E-state index contributed by atoms with van der Waals surface area (Å²) in [6, 6.07) is 0.512. The minimum atomic E-state index is 0.512. The van der Waals surface area contributed by atoms with Crippen molar-refractivity contribution in [3.63, 3.8) is 0 Å². The molecule has 14 heavy (non-hydrogen) atoms. The van der Waals surface area contributed by atoms with E-state index in [-0.39, 0.29) is 0 Å². The number of aromatic nitrogens is 2. The predicted molar refractivity (Wildman–Crippen MR) is 54.0 cm³/mol. The van der Waals surface area contributed by atoms with Crippen LogP contribution in [0, 0.1) is 6.92 Å². The van der Waals surface area contributed by atoms with Crippen molar-refractivity contribution in [2.24, 2.45) is 0 Å². The fourth-order valence-corrected chi connectivity index (χ4v) is 1.71. The molecule has 78 valence electrons. The average molecular weight is 195 g/mol. The van der Waals surface area contributed by atoms with Crippen molar-refractivity contribution < 1.29 is 4.74 Å². The number of rotatable bonds is 3. The minimum absolute atomic E-state index is 0.512. The zero-order chi connectivity index (χ0) is 9.80. The fourth-order valence-electron chi connectivity index (χ4n) is 1.71. The van der Waals surface area contributed by atoms with E-state index in [1.165, 1.54) is 18.4 Å². The van der Waals surface area contributed by atoms with Crippen molar-refractivity contribution in [2.75, 3.05) is 13.2 Å². The molecule has 1 aromatic rings. The number of nitrogens with one attached hydrogen (secondary N) is 2. The van der Waals surface area contributed by atoms with Gasteiger partial charge in [-0.2, -0.15) is 5.10 Å². The summed E-state index contributed by atoms with van der Waals surface area (Å²) in [5.41, 5.74) is 2.39. The Morgan fingerprint density at radius 3 is 3.29 bits per heavy atom. The van der Waals surface area contributed by atoms with E-state index in [2.05, 4.69) is 15.5 Å². The molecule has 0 amide bonds. The van der Waals surface area contributed by atoms with Crippen LogP contribution in [0.5, 0.6) is 0 Å². The molecule has 1 saturated heterocycles. The molecule has 0 spiro atoms. The maximum absolute atomic E-state index is 5.40. The lowest BCUT2D eigenvalue weighted by Gasteiger charge is -2.23. The van der Waals surface area contributed by atoms with Gasteiger partial charge < -0.3 is 10.1 Å². The molecule has 2 N–H and O–H groups in total. The first-order valence-electron chi connectivity index (χ1n) is 5.16.